The summed E-state index contributed by atoms with van der Waals surface area (Å²) in [5.41, 5.74) is 0. The highest BCUT2D eigenvalue weighted by atomic mass is 32.1. The first kappa shape index (κ1) is 10.4. The molecule has 3 N–H and O–H groups in total. The van der Waals surface area contributed by atoms with Crippen molar-refractivity contribution in [3.8, 4) is 0 Å². The predicted octanol–water partition coefficient (Wildman–Crippen LogP) is -1.66. The lowest BCUT2D eigenvalue weighted by molar-refractivity contribution is 0.306. The number of likely N-dealkylation sites (N-methyl/N-ethyl adjacent to an activating group) is 2. The minimum Gasteiger partial charge on any atom is -0.394 e. The Hall–Kier alpha value is -1.08. The third-order valence-corrected chi connectivity index (χ3v) is 3.25. The molecule has 2 aliphatic heterocycles. The van der Waals surface area contributed by atoms with Crippen LogP contribution in [0.25, 0.3) is 0 Å². The lowest BCUT2D eigenvalue weighted by atomic mass is 10.4. The van der Waals surface area contributed by atoms with Crippen LogP contribution in [0.2, 0.25) is 0 Å². The standard InChI is InChI=1S/C8H15N5OS/c1-12-5-6(13(2)8(12)15)11-7(10-5)9-3-4-14/h5-6,14H,3-4H2,1-2H3,(H2,9,10,11). The summed E-state index contributed by atoms with van der Waals surface area (Å²) in [5, 5.41) is 15.9. The van der Waals surface area contributed by atoms with Crippen LogP contribution >= 0.6 is 12.2 Å². The van der Waals surface area contributed by atoms with Crippen molar-refractivity contribution in [2.45, 2.75) is 12.3 Å². The van der Waals surface area contributed by atoms with Crippen LogP contribution < -0.4 is 10.6 Å². The van der Waals surface area contributed by atoms with Gasteiger partial charge in [-0.3, -0.25) is 4.99 Å². The molecule has 0 aromatic heterocycles. The molecule has 0 radical (unpaired) electrons. The highest BCUT2D eigenvalue weighted by Gasteiger charge is 2.44. The van der Waals surface area contributed by atoms with Crippen molar-refractivity contribution in [2.24, 2.45) is 4.99 Å². The first-order valence-corrected chi connectivity index (χ1v) is 5.24. The first-order chi connectivity index (χ1) is 7.15. The van der Waals surface area contributed by atoms with Gasteiger partial charge in [0.25, 0.3) is 0 Å². The van der Waals surface area contributed by atoms with Gasteiger partial charge < -0.3 is 25.5 Å². The van der Waals surface area contributed by atoms with E-state index in [-0.39, 0.29) is 18.9 Å². The fourth-order valence-electron chi connectivity index (χ4n) is 1.84. The van der Waals surface area contributed by atoms with Crippen LogP contribution in [-0.4, -0.2) is 65.6 Å². The van der Waals surface area contributed by atoms with Crippen LogP contribution in [0.5, 0.6) is 0 Å². The van der Waals surface area contributed by atoms with Crippen LogP contribution in [0.4, 0.5) is 0 Å². The van der Waals surface area contributed by atoms with Crippen LogP contribution in [0.3, 0.4) is 0 Å². The summed E-state index contributed by atoms with van der Waals surface area (Å²) in [7, 11) is 3.90. The van der Waals surface area contributed by atoms with Gasteiger partial charge in [-0.2, -0.15) is 0 Å². The summed E-state index contributed by atoms with van der Waals surface area (Å²) < 4.78 is 0. The third kappa shape index (κ3) is 1.61. The first-order valence-electron chi connectivity index (χ1n) is 4.83. The number of rotatable bonds is 2. The van der Waals surface area contributed by atoms with Gasteiger partial charge in [-0.15, -0.1) is 0 Å². The quantitative estimate of drug-likeness (QED) is 0.493. The lowest BCUT2D eigenvalue weighted by Crippen LogP contribution is -2.41. The van der Waals surface area contributed by atoms with Gasteiger partial charge >= 0.3 is 0 Å². The highest BCUT2D eigenvalue weighted by molar-refractivity contribution is 7.80. The molecule has 0 aromatic carbocycles. The molecule has 7 heteroatoms. The number of guanidine groups is 1. The Morgan fingerprint density at radius 1 is 1.33 bits per heavy atom. The summed E-state index contributed by atoms with van der Waals surface area (Å²) in [6.45, 7) is 0.471. The molecule has 2 aliphatic rings. The van der Waals surface area contributed by atoms with Crippen LogP contribution in [-0.2, 0) is 0 Å². The Labute approximate surface area is 93.9 Å². The van der Waals surface area contributed by atoms with Crippen molar-refractivity contribution >= 4 is 23.3 Å². The van der Waals surface area contributed by atoms with Crippen molar-refractivity contribution in [3.63, 3.8) is 0 Å². The number of hydrogen-bond donors (Lipinski definition) is 3. The summed E-state index contributed by atoms with van der Waals surface area (Å²) >= 11 is 5.24. The molecule has 2 saturated heterocycles. The van der Waals surface area contributed by atoms with E-state index in [0.717, 1.165) is 11.1 Å². The predicted molar refractivity (Wildman–Crippen MR) is 61.4 cm³/mol. The molecule has 0 aliphatic carbocycles. The minimum absolute atomic E-state index is 0.0618. The fraction of sp³-hybridized carbons (Fsp3) is 0.750. The maximum atomic E-state index is 8.67. The van der Waals surface area contributed by atoms with Gasteiger partial charge in [0.2, 0.25) is 0 Å². The third-order valence-electron chi connectivity index (χ3n) is 2.68. The van der Waals surface area contributed by atoms with Crippen LogP contribution in [0.15, 0.2) is 4.99 Å². The molecule has 0 saturated carbocycles. The van der Waals surface area contributed by atoms with E-state index in [1.807, 2.05) is 23.9 Å². The average Bonchev–Trinajstić information content (AvgIpc) is 2.73. The molecular weight excluding hydrogens is 214 g/mol. The van der Waals surface area contributed by atoms with Gasteiger partial charge in [-0.1, -0.05) is 0 Å². The normalized spacial score (nSPS) is 29.0. The fourth-order valence-corrected chi connectivity index (χ4v) is 2.06. The van der Waals surface area contributed by atoms with Crippen molar-refractivity contribution < 1.29 is 5.11 Å². The molecule has 84 valence electrons. The second kappa shape index (κ2) is 3.82. The lowest BCUT2D eigenvalue weighted by Gasteiger charge is -2.19. The zero-order chi connectivity index (χ0) is 11.0. The second-order valence-corrected chi connectivity index (χ2v) is 4.00. The minimum atomic E-state index is 0.0618. The van der Waals surface area contributed by atoms with Gasteiger partial charge in [0.15, 0.2) is 11.1 Å². The van der Waals surface area contributed by atoms with E-state index in [0.29, 0.717) is 6.54 Å². The van der Waals surface area contributed by atoms with E-state index in [9.17, 15) is 0 Å². The van der Waals surface area contributed by atoms with E-state index < -0.39 is 0 Å². The number of thiocarbonyl (C=S) groups is 1. The summed E-state index contributed by atoms with van der Waals surface area (Å²) in [6, 6.07) is 0. The Bertz CT molecular complexity index is 285. The van der Waals surface area contributed by atoms with Crippen LogP contribution in [0, 0.1) is 0 Å². The number of fused-ring (bicyclic) bond motifs is 1. The van der Waals surface area contributed by atoms with Gasteiger partial charge in [-0.25, -0.2) is 0 Å². The molecule has 6 nitrogen and oxygen atoms in total. The number of aliphatic hydroxyl groups excluding tert-OH is 1. The number of aliphatic hydroxyl groups is 1. The molecule has 2 fully saturated rings. The van der Waals surface area contributed by atoms with Gasteiger partial charge in [0.1, 0.15) is 12.3 Å². The molecule has 15 heavy (non-hydrogen) atoms. The summed E-state index contributed by atoms with van der Waals surface area (Å²) in [5.74, 6) is 0.722. The summed E-state index contributed by atoms with van der Waals surface area (Å²) in [4.78, 5) is 8.15. The molecule has 0 aromatic rings. The topological polar surface area (TPSA) is 63.1 Å². The van der Waals surface area contributed by atoms with Gasteiger partial charge in [0, 0.05) is 14.1 Å². The summed E-state index contributed by atoms with van der Waals surface area (Å²) in [6.07, 6.45) is 0.250. The molecule has 0 amide bonds. The number of hydrogen-bond acceptors (Lipinski definition) is 3. The molecule has 2 rings (SSSR count). The Balaban J connectivity index is 2.08. The molecular formula is C8H15N5OS. The smallest absolute Gasteiger partial charge is 0.194 e. The highest BCUT2D eigenvalue weighted by Crippen LogP contribution is 2.19. The van der Waals surface area contributed by atoms with Gasteiger partial charge in [-0.05, 0) is 12.2 Å². The Kier molecular flexibility index (Phi) is 2.66. The van der Waals surface area contributed by atoms with Crippen molar-refractivity contribution in [1.29, 1.82) is 0 Å². The molecule has 0 bridgehead atoms. The Morgan fingerprint density at radius 2 is 1.87 bits per heavy atom. The molecule has 2 heterocycles. The second-order valence-electron chi connectivity index (χ2n) is 3.64. The van der Waals surface area contributed by atoms with E-state index in [1.54, 1.807) is 0 Å². The largest absolute Gasteiger partial charge is 0.394 e. The van der Waals surface area contributed by atoms with E-state index in [2.05, 4.69) is 15.6 Å². The monoisotopic (exact) mass is 229 g/mol. The maximum absolute atomic E-state index is 8.67. The number of aliphatic imine (C=N–C) groups is 1. The molecule has 2 unspecified atom stereocenters. The maximum Gasteiger partial charge on any atom is 0.194 e. The van der Waals surface area contributed by atoms with E-state index in [4.69, 9.17) is 17.3 Å². The number of nitrogens with zero attached hydrogens (tertiary/aromatic N) is 3. The van der Waals surface area contributed by atoms with Crippen LogP contribution in [0.1, 0.15) is 0 Å². The molecule has 2 atom stereocenters. The van der Waals surface area contributed by atoms with Crippen molar-refractivity contribution in [3.05, 3.63) is 0 Å². The van der Waals surface area contributed by atoms with Crippen molar-refractivity contribution in [2.75, 3.05) is 27.2 Å². The average molecular weight is 229 g/mol. The molecule has 0 spiro atoms. The SMILES string of the molecule is CN1C(=S)N(C)C2NC(=NCCO)NC21. The zero-order valence-corrected chi connectivity index (χ0v) is 9.58. The van der Waals surface area contributed by atoms with Crippen molar-refractivity contribution in [1.82, 2.24) is 20.4 Å². The van der Waals surface area contributed by atoms with E-state index >= 15 is 0 Å². The Morgan fingerprint density at radius 3 is 2.33 bits per heavy atom. The van der Waals surface area contributed by atoms with E-state index in [1.165, 1.54) is 0 Å². The zero-order valence-electron chi connectivity index (χ0n) is 8.77. The van der Waals surface area contributed by atoms with Gasteiger partial charge in [0.05, 0.1) is 13.2 Å². The number of nitrogens with one attached hydrogen (secondary N) is 2.